The van der Waals surface area contributed by atoms with Crippen LogP contribution in [0.1, 0.15) is 47.1 Å². The molecule has 1 atom stereocenters. The lowest BCUT2D eigenvalue weighted by Gasteiger charge is -2.32. The number of nitrogens with zero attached hydrogens (tertiary/aromatic N) is 3. The molecule has 6 heteroatoms. The molecule has 0 saturated carbocycles. The SMILES string of the molecule is Cc1ncsc1CCC(=O)N1CCCC(c2nc3c(C)cccc3[nH]2)C1. The average Bonchev–Trinajstić information content (AvgIpc) is 3.27. The number of aromatic amines is 1. The van der Waals surface area contributed by atoms with Gasteiger partial charge in [0.2, 0.25) is 5.91 Å². The van der Waals surface area contributed by atoms with Crippen LogP contribution in [0.3, 0.4) is 0 Å². The number of thiazole rings is 1. The molecule has 1 amide bonds. The zero-order chi connectivity index (χ0) is 18.1. The van der Waals surface area contributed by atoms with Crippen molar-refractivity contribution < 1.29 is 4.79 Å². The zero-order valence-electron chi connectivity index (χ0n) is 15.3. The zero-order valence-corrected chi connectivity index (χ0v) is 16.1. The number of benzene rings is 1. The molecule has 0 radical (unpaired) electrons. The van der Waals surface area contributed by atoms with Crippen molar-refractivity contribution in [3.8, 4) is 0 Å². The van der Waals surface area contributed by atoms with Gasteiger partial charge < -0.3 is 9.88 Å². The van der Waals surface area contributed by atoms with E-state index in [1.807, 2.05) is 17.3 Å². The van der Waals surface area contributed by atoms with Crippen LogP contribution in [0.4, 0.5) is 0 Å². The van der Waals surface area contributed by atoms with Crippen LogP contribution in [0.25, 0.3) is 11.0 Å². The lowest BCUT2D eigenvalue weighted by Crippen LogP contribution is -2.39. The summed E-state index contributed by atoms with van der Waals surface area (Å²) >= 11 is 1.64. The Kier molecular flexibility index (Phi) is 4.76. The van der Waals surface area contributed by atoms with Crippen LogP contribution in [-0.2, 0) is 11.2 Å². The summed E-state index contributed by atoms with van der Waals surface area (Å²) in [5, 5.41) is 0. The van der Waals surface area contributed by atoms with Gasteiger partial charge in [-0.1, -0.05) is 12.1 Å². The largest absolute Gasteiger partial charge is 0.342 e. The van der Waals surface area contributed by atoms with Gasteiger partial charge in [0.05, 0.1) is 22.2 Å². The Morgan fingerprint density at radius 3 is 3.04 bits per heavy atom. The molecule has 1 saturated heterocycles. The number of piperidine rings is 1. The van der Waals surface area contributed by atoms with Crippen LogP contribution in [0.15, 0.2) is 23.7 Å². The lowest BCUT2D eigenvalue weighted by molar-refractivity contribution is -0.132. The maximum absolute atomic E-state index is 12.7. The Morgan fingerprint density at radius 2 is 2.27 bits per heavy atom. The van der Waals surface area contributed by atoms with Gasteiger partial charge in [-0.25, -0.2) is 9.97 Å². The average molecular weight is 369 g/mol. The Balaban J connectivity index is 1.44. The third kappa shape index (κ3) is 3.38. The van der Waals surface area contributed by atoms with Crippen molar-refractivity contribution in [3.63, 3.8) is 0 Å². The van der Waals surface area contributed by atoms with E-state index in [0.717, 1.165) is 54.9 Å². The molecule has 0 bridgehead atoms. The number of para-hydroxylation sites is 1. The Hall–Kier alpha value is -2.21. The number of H-pyrrole nitrogens is 1. The number of hydrogen-bond donors (Lipinski definition) is 1. The van der Waals surface area contributed by atoms with Crippen molar-refractivity contribution in [1.82, 2.24) is 19.9 Å². The van der Waals surface area contributed by atoms with Crippen LogP contribution < -0.4 is 0 Å². The molecule has 4 rings (SSSR count). The van der Waals surface area contributed by atoms with Gasteiger partial charge in [0.25, 0.3) is 0 Å². The molecule has 1 unspecified atom stereocenters. The normalized spacial score (nSPS) is 17.8. The van der Waals surface area contributed by atoms with Gasteiger partial charge in [0, 0.05) is 30.3 Å². The van der Waals surface area contributed by atoms with E-state index < -0.39 is 0 Å². The van der Waals surface area contributed by atoms with Crippen molar-refractivity contribution in [2.45, 2.75) is 45.4 Å². The van der Waals surface area contributed by atoms with Gasteiger partial charge in [0.15, 0.2) is 0 Å². The number of aryl methyl sites for hydroxylation is 3. The maximum atomic E-state index is 12.7. The fraction of sp³-hybridized carbons (Fsp3) is 0.450. The molecule has 26 heavy (non-hydrogen) atoms. The molecule has 2 aromatic heterocycles. The second-order valence-corrected chi connectivity index (χ2v) is 8.07. The van der Waals surface area contributed by atoms with Gasteiger partial charge in [-0.05, 0) is 44.7 Å². The monoisotopic (exact) mass is 368 g/mol. The number of amides is 1. The van der Waals surface area contributed by atoms with Crippen molar-refractivity contribution in [3.05, 3.63) is 45.7 Å². The van der Waals surface area contributed by atoms with Crippen LogP contribution >= 0.6 is 11.3 Å². The molecule has 136 valence electrons. The van der Waals surface area contributed by atoms with Crippen molar-refractivity contribution in [2.24, 2.45) is 0 Å². The molecule has 1 fully saturated rings. The Bertz CT molecular complexity index is 929. The highest BCUT2D eigenvalue weighted by atomic mass is 32.1. The number of carbonyl (C=O) groups excluding carboxylic acids is 1. The minimum absolute atomic E-state index is 0.245. The van der Waals surface area contributed by atoms with E-state index in [-0.39, 0.29) is 5.91 Å². The standard InChI is InChI=1S/C20H24N4OS/c1-13-5-3-7-16-19(13)23-20(22-16)15-6-4-10-24(11-15)18(25)9-8-17-14(2)21-12-26-17/h3,5,7,12,15H,4,6,8-11H2,1-2H3,(H,22,23). The minimum Gasteiger partial charge on any atom is -0.342 e. The van der Waals surface area contributed by atoms with Crippen molar-refractivity contribution in [2.75, 3.05) is 13.1 Å². The van der Waals surface area contributed by atoms with Gasteiger partial charge >= 0.3 is 0 Å². The second kappa shape index (κ2) is 7.19. The van der Waals surface area contributed by atoms with Crippen LogP contribution in [0.5, 0.6) is 0 Å². The number of fused-ring (bicyclic) bond motifs is 1. The van der Waals surface area contributed by atoms with Gasteiger partial charge in [-0.3, -0.25) is 4.79 Å². The first-order valence-corrected chi connectivity index (χ1v) is 10.1. The molecular formula is C20H24N4OS. The second-order valence-electron chi connectivity index (χ2n) is 7.13. The molecule has 3 aromatic rings. The predicted octanol–water partition coefficient (Wildman–Crippen LogP) is 3.98. The summed E-state index contributed by atoms with van der Waals surface area (Å²) in [7, 11) is 0. The highest BCUT2D eigenvalue weighted by Gasteiger charge is 2.26. The predicted molar refractivity (Wildman–Crippen MR) is 105 cm³/mol. The first-order valence-electron chi connectivity index (χ1n) is 9.24. The Labute approximate surface area is 157 Å². The molecule has 1 N–H and O–H groups in total. The highest BCUT2D eigenvalue weighted by Crippen LogP contribution is 2.28. The van der Waals surface area contributed by atoms with Crippen molar-refractivity contribution in [1.29, 1.82) is 0 Å². The first kappa shape index (κ1) is 17.2. The number of rotatable bonds is 4. The van der Waals surface area contributed by atoms with Gasteiger partial charge in [-0.15, -0.1) is 11.3 Å². The van der Waals surface area contributed by atoms with E-state index in [9.17, 15) is 4.79 Å². The minimum atomic E-state index is 0.245. The van der Waals surface area contributed by atoms with E-state index in [2.05, 4.69) is 35.1 Å². The Morgan fingerprint density at radius 1 is 1.38 bits per heavy atom. The molecule has 3 heterocycles. The molecule has 1 aromatic carbocycles. The number of carbonyl (C=O) groups is 1. The summed E-state index contributed by atoms with van der Waals surface area (Å²) in [6, 6.07) is 6.21. The van der Waals surface area contributed by atoms with E-state index in [0.29, 0.717) is 12.3 Å². The number of aromatic nitrogens is 3. The fourth-order valence-corrected chi connectivity index (χ4v) is 4.54. The number of nitrogens with one attached hydrogen (secondary N) is 1. The van der Waals surface area contributed by atoms with Gasteiger partial charge in [0.1, 0.15) is 5.82 Å². The lowest BCUT2D eigenvalue weighted by atomic mass is 9.97. The number of likely N-dealkylation sites (tertiary alicyclic amines) is 1. The molecule has 0 aliphatic carbocycles. The fourth-order valence-electron chi connectivity index (χ4n) is 3.76. The van der Waals surface area contributed by atoms with Crippen LogP contribution in [0, 0.1) is 13.8 Å². The molecule has 1 aliphatic rings. The van der Waals surface area contributed by atoms with Crippen LogP contribution in [-0.4, -0.2) is 38.8 Å². The van der Waals surface area contributed by atoms with Crippen molar-refractivity contribution >= 4 is 28.3 Å². The summed E-state index contributed by atoms with van der Waals surface area (Å²) in [6.45, 7) is 5.72. The van der Waals surface area contributed by atoms with E-state index in [4.69, 9.17) is 4.98 Å². The summed E-state index contributed by atoms with van der Waals surface area (Å²) in [4.78, 5) is 28.5. The van der Waals surface area contributed by atoms with E-state index in [1.54, 1.807) is 11.3 Å². The topological polar surface area (TPSA) is 61.9 Å². The summed E-state index contributed by atoms with van der Waals surface area (Å²) in [5.41, 5.74) is 6.23. The van der Waals surface area contributed by atoms with Gasteiger partial charge in [-0.2, -0.15) is 0 Å². The number of imidazole rings is 1. The quantitative estimate of drug-likeness (QED) is 0.758. The third-order valence-corrected chi connectivity index (χ3v) is 6.30. The molecular weight excluding hydrogens is 344 g/mol. The molecule has 1 aliphatic heterocycles. The highest BCUT2D eigenvalue weighted by molar-refractivity contribution is 7.09. The first-order chi connectivity index (χ1) is 12.6. The summed E-state index contributed by atoms with van der Waals surface area (Å²) < 4.78 is 0. The molecule has 5 nitrogen and oxygen atoms in total. The summed E-state index contributed by atoms with van der Waals surface area (Å²) in [6.07, 6.45) is 3.47. The van der Waals surface area contributed by atoms with E-state index >= 15 is 0 Å². The van der Waals surface area contributed by atoms with Crippen LogP contribution in [0.2, 0.25) is 0 Å². The maximum Gasteiger partial charge on any atom is 0.222 e. The van der Waals surface area contributed by atoms with E-state index in [1.165, 1.54) is 10.4 Å². The smallest absolute Gasteiger partial charge is 0.222 e. The number of hydrogen-bond acceptors (Lipinski definition) is 4. The molecule has 0 spiro atoms. The summed E-state index contributed by atoms with van der Waals surface area (Å²) in [5.74, 6) is 1.56. The third-order valence-electron chi connectivity index (χ3n) is 5.30.